The van der Waals surface area contributed by atoms with E-state index in [4.69, 9.17) is 4.74 Å². The number of phenolic OH excluding ortho intramolecular Hbond substituents is 2. The van der Waals surface area contributed by atoms with Crippen LogP contribution in [-0.4, -0.2) is 22.3 Å². The van der Waals surface area contributed by atoms with E-state index in [-0.39, 0.29) is 17.1 Å². The lowest BCUT2D eigenvalue weighted by Crippen LogP contribution is -2.17. The van der Waals surface area contributed by atoms with E-state index in [0.717, 1.165) is 21.7 Å². The van der Waals surface area contributed by atoms with Gasteiger partial charge in [-0.05, 0) is 65.7 Å². The Balaban J connectivity index is 1.54. The standard InChI is InChI=1S/C21H17BrN2O4/c22-16-5-1-15(2-6-16)13-28-18-8-3-14(4-9-18)12-23-24-21(27)19-11-17(25)7-10-20(19)26/h1-12,25-26H,13H2,(H,24,27)/b23-12+. The van der Waals surface area contributed by atoms with Gasteiger partial charge >= 0.3 is 0 Å². The summed E-state index contributed by atoms with van der Waals surface area (Å²) in [6.07, 6.45) is 1.47. The number of hydrazone groups is 1. The van der Waals surface area contributed by atoms with E-state index in [9.17, 15) is 15.0 Å². The Morgan fingerprint density at radius 3 is 2.46 bits per heavy atom. The number of ether oxygens (including phenoxy) is 1. The van der Waals surface area contributed by atoms with Crippen molar-refractivity contribution in [3.05, 3.63) is 87.9 Å². The molecule has 0 saturated heterocycles. The Bertz CT molecular complexity index is 986. The fourth-order valence-corrected chi connectivity index (χ4v) is 2.59. The number of phenols is 2. The Morgan fingerprint density at radius 2 is 1.75 bits per heavy atom. The zero-order valence-corrected chi connectivity index (χ0v) is 16.3. The Morgan fingerprint density at radius 1 is 1.04 bits per heavy atom. The molecule has 3 aromatic rings. The van der Waals surface area contributed by atoms with Crippen molar-refractivity contribution in [1.29, 1.82) is 0 Å². The summed E-state index contributed by atoms with van der Waals surface area (Å²) in [5, 5.41) is 22.9. The van der Waals surface area contributed by atoms with E-state index in [1.807, 2.05) is 36.4 Å². The molecule has 0 aliphatic rings. The van der Waals surface area contributed by atoms with Gasteiger partial charge in [-0.2, -0.15) is 5.10 Å². The van der Waals surface area contributed by atoms with Gasteiger partial charge in [-0.15, -0.1) is 0 Å². The molecule has 0 heterocycles. The maximum atomic E-state index is 12.0. The highest BCUT2D eigenvalue weighted by atomic mass is 79.9. The number of amides is 1. The van der Waals surface area contributed by atoms with Gasteiger partial charge < -0.3 is 14.9 Å². The third-order valence-electron chi connectivity index (χ3n) is 3.80. The number of halogens is 1. The maximum Gasteiger partial charge on any atom is 0.275 e. The first-order valence-electron chi connectivity index (χ1n) is 8.34. The van der Waals surface area contributed by atoms with Crippen molar-refractivity contribution >= 4 is 28.1 Å². The first-order valence-corrected chi connectivity index (χ1v) is 9.13. The van der Waals surface area contributed by atoms with E-state index in [1.54, 1.807) is 12.1 Å². The van der Waals surface area contributed by atoms with Crippen LogP contribution in [0.15, 0.2) is 76.3 Å². The quantitative estimate of drug-likeness (QED) is 0.304. The van der Waals surface area contributed by atoms with Crippen molar-refractivity contribution in [3.63, 3.8) is 0 Å². The predicted octanol–water partition coefficient (Wildman–Crippen LogP) is 4.20. The average Bonchev–Trinajstić information content (AvgIpc) is 2.70. The van der Waals surface area contributed by atoms with E-state index < -0.39 is 5.91 Å². The molecule has 3 N–H and O–H groups in total. The number of nitrogens with one attached hydrogen (secondary N) is 1. The van der Waals surface area contributed by atoms with Gasteiger partial charge in [0.05, 0.1) is 11.8 Å². The van der Waals surface area contributed by atoms with Crippen LogP contribution in [0, 0.1) is 0 Å². The zero-order chi connectivity index (χ0) is 19.9. The van der Waals surface area contributed by atoms with Crippen molar-refractivity contribution in [2.24, 2.45) is 5.10 Å². The number of carbonyl (C=O) groups is 1. The second kappa shape index (κ2) is 9.05. The second-order valence-electron chi connectivity index (χ2n) is 5.88. The molecule has 28 heavy (non-hydrogen) atoms. The van der Waals surface area contributed by atoms with E-state index in [1.165, 1.54) is 18.3 Å². The van der Waals surface area contributed by atoms with Crippen molar-refractivity contribution in [2.75, 3.05) is 0 Å². The van der Waals surface area contributed by atoms with Gasteiger partial charge in [0, 0.05) is 4.47 Å². The maximum absolute atomic E-state index is 12.0. The molecule has 0 fully saturated rings. The summed E-state index contributed by atoms with van der Waals surface area (Å²) in [7, 11) is 0. The molecule has 3 aromatic carbocycles. The molecule has 0 aliphatic carbocycles. The van der Waals surface area contributed by atoms with Crippen LogP contribution in [-0.2, 0) is 6.61 Å². The van der Waals surface area contributed by atoms with Gasteiger partial charge in [-0.1, -0.05) is 28.1 Å². The molecule has 0 aromatic heterocycles. The van der Waals surface area contributed by atoms with Crippen LogP contribution in [0.3, 0.4) is 0 Å². The first-order chi connectivity index (χ1) is 13.5. The van der Waals surface area contributed by atoms with Gasteiger partial charge in [0.1, 0.15) is 23.9 Å². The number of hydrogen-bond donors (Lipinski definition) is 3. The van der Waals surface area contributed by atoms with Gasteiger partial charge in [-0.3, -0.25) is 4.79 Å². The molecule has 3 rings (SSSR count). The second-order valence-corrected chi connectivity index (χ2v) is 6.80. The number of hydrogen-bond acceptors (Lipinski definition) is 5. The predicted molar refractivity (Wildman–Crippen MR) is 110 cm³/mol. The van der Waals surface area contributed by atoms with Gasteiger partial charge in [0.25, 0.3) is 5.91 Å². The normalized spacial score (nSPS) is 10.8. The van der Waals surface area contributed by atoms with Crippen molar-refractivity contribution in [1.82, 2.24) is 5.43 Å². The lowest BCUT2D eigenvalue weighted by molar-refractivity contribution is 0.0952. The summed E-state index contributed by atoms with van der Waals surface area (Å²) < 4.78 is 6.75. The van der Waals surface area contributed by atoms with Crippen LogP contribution in [0.4, 0.5) is 0 Å². The molecule has 0 atom stereocenters. The molecule has 0 aliphatic heterocycles. The monoisotopic (exact) mass is 440 g/mol. The summed E-state index contributed by atoms with van der Waals surface area (Å²) in [5.74, 6) is -0.267. The fourth-order valence-electron chi connectivity index (χ4n) is 2.33. The first kappa shape index (κ1) is 19.4. The summed E-state index contributed by atoms with van der Waals surface area (Å²) in [6.45, 7) is 0.462. The van der Waals surface area contributed by atoms with E-state index in [0.29, 0.717) is 12.4 Å². The minimum atomic E-state index is -0.626. The summed E-state index contributed by atoms with van der Waals surface area (Å²) in [6, 6.07) is 18.8. The largest absolute Gasteiger partial charge is 0.508 e. The van der Waals surface area contributed by atoms with Crippen LogP contribution in [0.2, 0.25) is 0 Å². The number of aromatic hydroxyl groups is 2. The molecule has 1 amide bonds. The van der Waals surface area contributed by atoms with Crippen LogP contribution in [0.5, 0.6) is 17.2 Å². The average molecular weight is 441 g/mol. The Hall–Kier alpha value is -3.32. The van der Waals surface area contributed by atoms with E-state index >= 15 is 0 Å². The van der Waals surface area contributed by atoms with Crippen molar-refractivity contribution in [3.8, 4) is 17.2 Å². The van der Waals surface area contributed by atoms with Crippen molar-refractivity contribution in [2.45, 2.75) is 6.61 Å². The number of benzene rings is 3. The van der Waals surface area contributed by atoms with Crippen LogP contribution >= 0.6 is 15.9 Å². The SMILES string of the molecule is O=C(N/N=C/c1ccc(OCc2ccc(Br)cc2)cc1)c1cc(O)ccc1O. The zero-order valence-electron chi connectivity index (χ0n) is 14.7. The topological polar surface area (TPSA) is 91.2 Å². The Labute approximate surface area is 170 Å². The molecule has 0 saturated carbocycles. The van der Waals surface area contributed by atoms with Crippen LogP contribution < -0.4 is 10.2 Å². The third-order valence-corrected chi connectivity index (χ3v) is 4.33. The molecule has 7 heteroatoms. The molecular weight excluding hydrogens is 424 g/mol. The van der Waals surface area contributed by atoms with Gasteiger partial charge in [-0.25, -0.2) is 5.43 Å². The number of carbonyl (C=O) groups excluding carboxylic acids is 1. The molecule has 0 unspecified atom stereocenters. The number of rotatable bonds is 6. The minimum absolute atomic E-state index is 0.0613. The molecular formula is C21H17BrN2O4. The molecule has 0 radical (unpaired) electrons. The fraction of sp³-hybridized carbons (Fsp3) is 0.0476. The molecule has 6 nitrogen and oxygen atoms in total. The minimum Gasteiger partial charge on any atom is -0.508 e. The molecule has 0 bridgehead atoms. The summed E-state index contributed by atoms with van der Waals surface area (Å²) in [5.41, 5.74) is 4.07. The summed E-state index contributed by atoms with van der Waals surface area (Å²) in [4.78, 5) is 12.0. The summed E-state index contributed by atoms with van der Waals surface area (Å²) >= 11 is 3.40. The van der Waals surface area contributed by atoms with E-state index in [2.05, 4.69) is 26.5 Å². The van der Waals surface area contributed by atoms with Gasteiger partial charge in [0.15, 0.2) is 0 Å². The van der Waals surface area contributed by atoms with Crippen LogP contribution in [0.1, 0.15) is 21.5 Å². The van der Waals surface area contributed by atoms with Crippen molar-refractivity contribution < 1.29 is 19.7 Å². The third kappa shape index (κ3) is 5.34. The molecule has 142 valence electrons. The number of nitrogens with zero attached hydrogens (tertiary/aromatic N) is 1. The molecule has 0 spiro atoms. The van der Waals surface area contributed by atoms with Crippen LogP contribution in [0.25, 0.3) is 0 Å². The highest BCUT2D eigenvalue weighted by Gasteiger charge is 2.10. The smallest absolute Gasteiger partial charge is 0.275 e. The Kier molecular flexibility index (Phi) is 6.29. The van der Waals surface area contributed by atoms with Gasteiger partial charge in [0.2, 0.25) is 0 Å². The lowest BCUT2D eigenvalue weighted by atomic mass is 10.2. The highest BCUT2D eigenvalue weighted by Crippen LogP contribution is 2.21. The highest BCUT2D eigenvalue weighted by molar-refractivity contribution is 9.10. The lowest BCUT2D eigenvalue weighted by Gasteiger charge is -2.06.